The van der Waals surface area contributed by atoms with Crippen molar-refractivity contribution >= 4 is 17.7 Å². The maximum Gasteiger partial charge on any atom is 0.490 e. The van der Waals surface area contributed by atoms with Gasteiger partial charge in [0.1, 0.15) is 0 Å². The number of carbonyl (C=O) groups is 2. The normalized spacial score (nSPS) is 11.6. The van der Waals surface area contributed by atoms with Gasteiger partial charge in [-0.25, -0.2) is 9.59 Å². The summed E-state index contributed by atoms with van der Waals surface area (Å²) in [4.78, 5) is 21.2. The lowest BCUT2D eigenvalue weighted by Crippen LogP contribution is -2.33. The fourth-order valence-corrected chi connectivity index (χ4v) is 2.62. The molecule has 0 aliphatic heterocycles. The van der Waals surface area contributed by atoms with Crippen LogP contribution in [0.1, 0.15) is 18.0 Å². The molecule has 170 valence electrons. The second-order valence-corrected chi connectivity index (χ2v) is 6.44. The number of carboxylic acids is 1. The summed E-state index contributed by atoms with van der Waals surface area (Å²) in [6.45, 7) is -0.000756. The molecular formula is C21H21F3N4O4. The Labute approximate surface area is 181 Å². The summed E-state index contributed by atoms with van der Waals surface area (Å²) >= 11 is 0. The van der Waals surface area contributed by atoms with Crippen LogP contribution in [0.2, 0.25) is 0 Å². The van der Waals surface area contributed by atoms with Crippen molar-refractivity contribution in [3.63, 3.8) is 0 Å². The van der Waals surface area contributed by atoms with Crippen LogP contribution in [0.4, 0.5) is 23.7 Å². The number of aliphatic hydroxyl groups is 1. The van der Waals surface area contributed by atoms with Gasteiger partial charge in [-0.3, -0.25) is 5.10 Å². The molecule has 32 heavy (non-hydrogen) atoms. The number of rotatable bonds is 6. The molecule has 1 unspecified atom stereocenters. The Morgan fingerprint density at radius 3 is 2.16 bits per heavy atom. The first-order valence-corrected chi connectivity index (χ1v) is 9.33. The van der Waals surface area contributed by atoms with Crippen molar-refractivity contribution in [1.29, 1.82) is 0 Å². The predicted molar refractivity (Wildman–Crippen MR) is 111 cm³/mol. The van der Waals surface area contributed by atoms with E-state index in [-0.39, 0.29) is 18.7 Å². The fourth-order valence-electron chi connectivity index (χ4n) is 2.62. The first-order valence-electron chi connectivity index (χ1n) is 9.33. The van der Waals surface area contributed by atoms with Crippen LogP contribution >= 0.6 is 0 Å². The molecule has 11 heteroatoms. The first kappa shape index (κ1) is 24.4. The number of nitrogens with one attached hydrogen (secondary N) is 3. The van der Waals surface area contributed by atoms with Crippen LogP contribution in [0, 0.1) is 0 Å². The lowest BCUT2D eigenvalue weighted by Gasteiger charge is -2.18. The molecule has 5 N–H and O–H groups in total. The topological polar surface area (TPSA) is 127 Å². The Balaban J connectivity index is 0.000000451. The smallest absolute Gasteiger partial charge is 0.475 e. The summed E-state index contributed by atoms with van der Waals surface area (Å²) in [6.07, 6.45) is -1.07. The van der Waals surface area contributed by atoms with Gasteiger partial charge in [-0.1, -0.05) is 42.5 Å². The largest absolute Gasteiger partial charge is 0.490 e. The van der Waals surface area contributed by atoms with Gasteiger partial charge in [-0.15, -0.1) is 0 Å². The van der Waals surface area contributed by atoms with Crippen LogP contribution in [0.15, 0.2) is 67.0 Å². The third kappa shape index (κ3) is 7.76. The highest BCUT2D eigenvalue weighted by Crippen LogP contribution is 2.21. The molecule has 3 aromatic rings. The number of aliphatic carboxylic acids is 1. The Bertz CT molecular complexity index is 979. The highest BCUT2D eigenvalue weighted by molar-refractivity contribution is 5.89. The molecule has 0 fully saturated rings. The van der Waals surface area contributed by atoms with Crippen molar-refractivity contribution in [3.8, 4) is 11.1 Å². The average Bonchev–Trinajstić information content (AvgIpc) is 3.29. The number of aliphatic hydroxyl groups excluding tert-OH is 1. The lowest BCUT2D eigenvalue weighted by molar-refractivity contribution is -0.192. The number of aromatic nitrogens is 2. The van der Waals surface area contributed by atoms with Crippen LogP contribution in [0.3, 0.4) is 0 Å². The van der Waals surface area contributed by atoms with Gasteiger partial charge >= 0.3 is 18.2 Å². The highest BCUT2D eigenvalue weighted by Gasteiger charge is 2.38. The minimum absolute atomic E-state index is 0.000756. The Morgan fingerprint density at radius 2 is 1.66 bits per heavy atom. The number of hydrogen-bond donors (Lipinski definition) is 5. The number of nitrogens with zero attached hydrogens (tertiary/aromatic N) is 1. The minimum Gasteiger partial charge on any atom is -0.475 e. The number of urea groups is 1. The number of alkyl halides is 3. The van der Waals surface area contributed by atoms with Gasteiger partial charge in [-0.05, 0) is 29.7 Å². The van der Waals surface area contributed by atoms with E-state index >= 15 is 0 Å². The van der Waals surface area contributed by atoms with Gasteiger partial charge in [-0.2, -0.15) is 18.3 Å². The van der Waals surface area contributed by atoms with Crippen LogP contribution < -0.4 is 10.6 Å². The zero-order valence-corrected chi connectivity index (χ0v) is 16.6. The van der Waals surface area contributed by atoms with Gasteiger partial charge in [0.2, 0.25) is 0 Å². The van der Waals surface area contributed by atoms with Gasteiger partial charge in [0.05, 0.1) is 12.2 Å². The molecule has 1 heterocycles. The van der Waals surface area contributed by atoms with E-state index in [0.717, 1.165) is 16.7 Å². The van der Waals surface area contributed by atoms with E-state index in [1.165, 1.54) is 0 Å². The number of carbonyl (C=O) groups excluding carboxylic acids is 1. The molecule has 1 atom stereocenters. The van der Waals surface area contributed by atoms with E-state index in [4.69, 9.17) is 9.90 Å². The summed E-state index contributed by atoms with van der Waals surface area (Å²) in [5, 5.41) is 28.8. The van der Waals surface area contributed by atoms with Gasteiger partial charge < -0.3 is 20.8 Å². The molecule has 3 rings (SSSR count). The molecule has 1 aromatic heterocycles. The van der Waals surface area contributed by atoms with E-state index in [1.807, 2.05) is 60.8 Å². The van der Waals surface area contributed by atoms with Gasteiger partial charge in [0, 0.05) is 24.1 Å². The maximum absolute atomic E-state index is 12.3. The number of amides is 2. The lowest BCUT2D eigenvalue weighted by atomic mass is 10.0. The number of H-pyrrole nitrogens is 1. The Kier molecular flexibility index (Phi) is 8.78. The van der Waals surface area contributed by atoms with Crippen molar-refractivity contribution in [2.24, 2.45) is 0 Å². The molecule has 0 aliphatic carbocycles. The zero-order chi connectivity index (χ0) is 23.6. The number of halogens is 3. The summed E-state index contributed by atoms with van der Waals surface area (Å²) in [7, 11) is 0. The van der Waals surface area contributed by atoms with Gasteiger partial charge in [0.25, 0.3) is 0 Å². The molecule has 0 spiro atoms. The van der Waals surface area contributed by atoms with Crippen molar-refractivity contribution < 1.29 is 33.0 Å². The maximum atomic E-state index is 12.3. The Hall–Kier alpha value is -3.86. The first-order chi connectivity index (χ1) is 15.2. The number of benzene rings is 2. The van der Waals surface area contributed by atoms with Crippen molar-refractivity contribution in [3.05, 3.63) is 72.6 Å². The molecule has 2 aromatic carbocycles. The van der Waals surface area contributed by atoms with Crippen molar-refractivity contribution in [1.82, 2.24) is 15.5 Å². The number of carboxylic acid groups (broad SMARTS) is 1. The third-order valence-corrected chi connectivity index (χ3v) is 4.14. The SMILES string of the molecule is O=C(Nc1ccc(-c2cn[nH]c2)cc1)NC(CCO)c1ccccc1.O=C(O)C(F)(F)F. The number of hydrogen-bond acceptors (Lipinski definition) is 4. The van der Waals surface area contributed by atoms with E-state index in [9.17, 15) is 23.1 Å². The van der Waals surface area contributed by atoms with E-state index in [2.05, 4.69) is 20.8 Å². The predicted octanol–water partition coefficient (Wildman–Crippen LogP) is 3.96. The Morgan fingerprint density at radius 1 is 1.03 bits per heavy atom. The quantitative estimate of drug-likeness (QED) is 0.389. The molecule has 0 saturated heterocycles. The highest BCUT2D eigenvalue weighted by atomic mass is 19.4. The number of aromatic amines is 1. The second-order valence-electron chi connectivity index (χ2n) is 6.44. The van der Waals surface area contributed by atoms with E-state index in [1.54, 1.807) is 6.20 Å². The molecular weight excluding hydrogens is 429 g/mol. The van der Waals surface area contributed by atoms with Crippen molar-refractivity contribution in [2.75, 3.05) is 11.9 Å². The molecule has 0 saturated carbocycles. The summed E-state index contributed by atoms with van der Waals surface area (Å²) < 4.78 is 31.7. The van der Waals surface area contributed by atoms with Gasteiger partial charge in [0.15, 0.2) is 0 Å². The molecule has 8 nitrogen and oxygen atoms in total. The van der Waals surface area contributed by atoms with Crippen molar-refractivity contribution in [2.45, 2.75) is 18.6 Å². The van der Waals surface area contributed by atoms with Crippen LogP contribution in [0.25, 0.3) is 11.1 Å². The standard InChI is InChI=1S/C19H20N4O2.C2HF3O2/c24-11-10-18(15-4-2-1-3-5-15)23-19(25)22-17-8-6-14(7-9-17)16-12-20-21-13-16;3-2(4,5)1(6)7/h1-9,12-13,18,24H,10-11H2,(H,20,21)(H2,22,23,25);(H,6,7). The minimum atomic E-state index is -5.08. The molecule has 2 amide bonds. The summed E-state index contributed by atoms with van der Waals surface area (Å²) in [5.74, 6) is -2.76. The van der Waals surface area contributed by atoms with Crippen LogP contribution in [0.5, 0.6) is 0 Å². The third-order valence-electron chi connectivity index (χ3n) is 4.14. The molecule has 0 radical (unpaired) electrons. The zero-order valence-electron chi connectivity index (χ0n) is 16.6. The van der Waals surface area contributed by atoms with E-state index < -0.39 is 12.1 Å². The number of anilines is 1. The monoisotopic (exact) mass is 450 g/mol. The molecule has 0 aliphatic rings. The van der Waals surface area contributed by atoms with Crippen LogP contribution in [-0.4, -0.2) is 45.2 Å². The summed E-state index contributed by atoms with van der Waals surface area (Å²) in [5.41, 5.74) is 3.66. The fraction of sp³-hybridized carbons (Fsp3) is 0.190. The van der Waals surface area contributed by atoms with E-state index in [0.29, 0.717) is 12.1 Å². The van der Waals surface area contributed by atoms with Crippen LogP contribution in [-0.2, 0) is 4.79 Å². The summed E-state index contributed by atoms with van der Waals surface area (Å²) in [6, 6.07) is 16.6. The second kappa shape index (κ2) is 11.5. The average molecular weight is 450 g/mol. The molecule has 0 bridgehead atoms.